The first-order valence-corrected chi connectivity index (χ1v) is 11.2. The van der Waals surface area contributed by atoms with E-state index in [1.54, 1.807) is 0 Å². The van der Waals surface area contributed by atoms with E-state index < -0.39 is 12.3 Å². The number of alkyl halides is 3. The molecule has 0 heterocycles. The topological polar surface area (TPSA) is 104 Å². The van der Waals surface area contributed by atoms with Crippen molar-refractivity contribution in [2.75, 3.05) is 0 Å². The maximum Gasteiger partial charge on any atom is 0.573 e. The summed E-state index contributed by atoms with van der Waals surface area (Å²) in [4.78, 5) is 12.4. The van der Waals surface area contributed by atoms with Gasteiger partial charge in [0.1, 0.15) is 17.6 Å². The van der Waals surface area contributed by atoms with Crippen molar-refractivity contribution >= 4 is 22.9 Å². The number of carbonyl (C=O) groups excluding carboxylic acids is 1. The first-order chi connectivity index (χ1) is 18.2. The monoisotopic (exact) mass is 519 g/mol. The zero-order chi connectivity index (χ0) is 27.1. The van der Waals surface area contributed by atoms with Gasteiger partial charge in [-0.05, 0) is 52.2 Å². The second-order valence-corrected chi connectivity index (χ2v) is 8.09. The van der Waals surface area contributed by atoms with Crippen LogP contribution in [0.4, 0.5) is 13.2 Å². The number of fused-ring (bicyclic) bond motifs is 1. The van der Waals surface area contributed by atoms with Crippen LogP contribution in [0.5, 0.6) is 11.5 Å². The van der Waals surface area contributed by atoms with E-state index in [0.717, 1.165) is 21.9 Å². The van der Waals surface area contributed by atoms with E-state index in [4.69, 9.17) is 10.00 Å². The molecule has 0 saturated heterocycles. The number of phenols is 1. The normalized spacial score (nSPS) is 11.4. The van der Waals surface area contributed by atoms with Crippen molar-refractivity contribution in [3.63, 3.8) is 0 Å². The molecule has 4 aromatic rings. The van der Waals surface area contributed by atoms with E-state index in [-0.39, 0.29) is 35.8 Å². The van der Waals surface area contributed by atoms with Crippen molar-refractivity contribution in [2.24, 2.45) is 5.10 Å². The fraction of sp³-hybridized carbons (Fsp3) is 0.107. The molecule has 0 radical (unpaired) electrons. The molecule has 0 aromatic heterocycles. The molecule has 0 aliphatic heterocycles. The average Bonchev–Trinajstić information content (AvgIpc) is 2.89. The highest BCUT2D eigenvalue weighted by atomic mass is 19.4. The molecule has 1 amide bonds. The Kier molecular flexibility index (Phi) is 7.89. The van der Waals surface area contributed by atoms with Crippen LogP contribution in [0.2, 0.25) is 0 Å². The van der Waals surface area contributed by atoms with Gasteiger partial charge in [-0.25, -0.2) is 5.43 Å². The molecule has 0 bridgehead atoms. The number of nitrogens with zero attached hydrogens (tertiary/aromatic N) is 2. The third-order valence-electron chi connectivity index (χ3n) is 5.48. The van der Waals surface area contributed by atoms with E-state index >= 15 is 0 Å². The van der Waals surface area contributed by atoms with E-state index in [2.05, 4.69) is 15.3 Å². The number of aromatic hydroxyl groups is 1. The summed E-state index contributed by atoms with van der Waals surface area (Å²) in [6.07, 6.45) is -3.24. The van der Waals surface area contributed by atoms with Gasteiger partial charge < -0.3 is 14.6 Å². The van der Waals surface area contributed by atoms with Crippen molar-refractivity contribution in [1.82, 2.24) is 5.43 Å². The Morgan fingerprint density at radius 1 is 1.00 bits per heavy atom. The van der Waals surface area contributed by atoms with Gasteiger partial charge in [0.05, 0.1) is 25.0 Å². The van der Waals surface area contributed by atoms with Crippen LogP contribution in [-0.2, 0) is 18.0 Å². The Morgan fingerprint density at radius 2 is 1.74 bits per heavy atom. The highest BCUT2D eigenvalue weighted by Crippen LogP contribution is 2.25. The lowest BCUT2D eigenvalue weighted by Crippen LogP contribution is -2.17. The summed E-state index contributed by atoms with van der Waals surface area (Å²) in [6, 6.07) is 22.5. The summed E-state index contributed by atoms with van der Waals surface area (Å²) >= 11 is 0. The molecule has 4 aromatic carbocycles. The number of hydrazone groups is 1. The van der Waals surface area contributed by atoms with Gasteiger partial charge >= 0.3 is 6.36 Å². The van der Waals surface area contributed by atoms with Crippen LogP contribution in [0, 0.1) is 11.3 Å². The quantitative estimate of drug-likeness (QED) is 0.226. The van der Waals surface area contributed by atoms with Gasteiger partial charge in [-0.3, -0.25) is 4.79 Å². The maximum atomic E-state index is 12.4. The first-order valence-electron chi connectivity index (χ1n) is 11.2. The Balaban J connectivity index is 1.41. The minimum Gasteiger partial charge on any atom is -0.507 e. The number of hydrogen-bond donors (Lipinski definition) is 2. The summed E-state index contributed by atoms with van der Waals surface area (Å²) in [7, 11) is 0. The van der Waals surface area contributed by atoms with Gasteiger partial charge in [0.15, 0.2) is 0 Å². The molecule has 7 nitrogen and oxygen atoms in total. The van der Waals surface area contributed by atoms with Crippen molar-refractivity contribution in [3.8, 4) is 17.6 Å². The lowest BCUT2D eigenvalue weighted by Gasteiger charge is -2.11. The minimum atomic E-state index is -4.74. The molecule has 4 rings (SSSR count). The van der Waals surface area contributed by atoms with E-state index in [1.165, 1.54) is 48.7 Å². The van der Waals surface area contributed by atoms with Crippen molar-refractivity contribution in [1.29, 1.82) is 5.26 Å². The van der Waals surface area contributed by atoms with Gasteiger partial charge in [0.25, 0.3) is 5.91 Å². The molecule has 0 aliphatic carbocycles. The summed E-state index contributed by atoms with van der Waals surface area (Å²) < 4.78 is 46.6. The summed E-state index contributed by atoms with van der Waals surface area (Å²) in [5, 5.41) is 24.4. The number of ether oxygens (including phenoxy) is 2. The second-order valence-electron chi connectivity index (χ2n) is 8.09. The molecular weight excluding hydrogens is 499 g/mol. The maximum absolute atomic E-state index is 12.4. The zero-order valence-corrected chi connectivity index (χ0v) is 19.7. The highest BCUT2D eigenvalue weighted by Gasteiger charge is 2.30. The predicted octanol–water partition coefficient (Wildman–Crippen LogP) is 5.80. The van der Waals surface area contributed by atoms with E-state index in [0.29, 0.717) is 5.56 Å². The zero-order valence-electron chi connectivity index (χ0n) is 19.7. The van der Waals surface area contributed by atoms with Crippen LogP contribution in [0.25, 0.3) is 10.8 Å². The van der Waals surface area contributed by atoms with E-state index in [9.17, 15) is 23.1 Å². The number of nitriles is 1. The standard InChI is InChI=1S/C28H20F3N3O4/c29-28(30,31)38-23-10-7-18(8-11-23)16-37-17-21-4-2-5-24-20(3-1-6-25(21)24)15-33-34-27(36)19-9-12-26(35)22(13-19)14-32/h1-13,15,35H,16-17H2,(H,34,36). The summed E-state index contributed by atoms with van der Waals surface area (Å²) in [5.74, 6) is -1.04. The largest absolute Gasteiger partial charge is 0.573 e. The SMILES string of the molecule is N#Cc1cc(C(=O)NN=Cc2cccc3c(COCc4ccc(OC(F)(F)F)cc4)cccc23)ccc1O. The van der Waals surface area contributed by atoms with Gasteiger partial charge in [0.2, 0.25) is 0 Å². The second kappa shape index (κ2) is 11.5. The Bertz CT molecular complexity index is 1530. The Labute approximate surface area is 215 Å². The molecule has 0 aliphatic rings. The Morgan fingerprint density at radius 3 is 2.47 bits per heavy atom. The molecule has 38 heavy (non-hydrogen) atoms. The molecule has 0 unspecified atom stereocenters. The number of carbonyl (C=O) groups is 1. The number of halogens is 3. The number of nitrogens with one attached hydrogen (secondary N) is 1. The van der Waals surface area contributed by atoms with Crippen LogP contribution in [0.1, 0.15) is 32.6 Å². The van der Waals surface area contributed by atoms with Crippen LogP contribution in [0.3, 0.4) is 0 Å². The van der Waals surface area contributed by atoms with Crippen molar-refractivity contribution in [3.05, 3.63) is 107 Å². The van der Waals surface area contributed by atoms with Gasteiger partial charge in [-0.2, -0.15) is 10.4 Å². The molecule has 2 N–H and O–H groups in total. The average molecular weight is 519 g/mol. The third-order valence-corrected chi connectivity index (χ3v) is 5.48. The number of hydrogen-bond acceptors (Lipinski definition) is 6. The molecule has 0 spiro atoms. The van der Waals surface area contributed by atoms with Gasteiger partial charge in [-0.1, -0.05) is 48.5 Å². The Hall–Kier alpha value is -4.88. The minimum absolute atomic E-state index is 0.0158. The molecular formula is C28H20F3N3O4. The smallest absolute Gasteiger partial charge is 0.507 e. The van der Waals surface area contributed by atoms with Crippen LogP contribution >= 0.6 is 0 Å². The molecule has 192 valence electrons. The fourth-order valence-corrected chi connectivity index (χ4v) is 3.70. The van der Waals surface area contributed by atoms with Crippen molar-refractivity contribution < 1.29 is 32.5 Å². The number of amides is 1. The number of benzene rings is 4. The third kappa shape index (κ3) is 6.66. The summed E-state index contributed by atoms with van der Waals surface area (Å²) in [5.41, 5.74) is 4.90. The molecule has 0 atom stereocenters. The lowest BCUT2D eigenvalue weighted by atomic mass is 10.0. The van der Waals surface area contributed by atoms with Crippen molar-refractivity contribution in [2.45, 2.75) is 19.6 Å². The molecule has 10 heteroatoms. The van der Waals surface area contributed by atoms with Gasteiger partial charge in [-0.15, -0.1) is 13.2 Å². The molecule has 0 saturated carbocycles. The van der Waals surface area contributed by atoms with Crippen LogP contribution < -0.4 is 10.2 Å². The van der Waals surface area contributed by atoms with Crippen LogP contribution in [0.15, 0.2) is 84.0 Å². The molecule has 0 fully saturated rings. The number of phenolic OH excluding ortho intramolecular Hbond substituents is 1. The highest BCUT2D eigenvalue weighted by molar-refractivity contribution is 6.02. The summed E-state index contributed by atoms with van der Waals surface area (Å²) in [6.45, 7) is 0.457. The lowest BCUT2D eigenvalue weighted by molar-refractivity contribution is -0.274. The van der Waals surface area contributed by atoms with E-state index in [1.807, 2.05) is 42.5 Å². The van der Waals surface area contributed by atoms with Crippen LogP contribution in [-0.4, -0.2) is 23.6 Å². The number of rotatable bonds is 8. The predicted molar refractivity (Wildman–Crippen MR) is 133 cm³/mol. The first kappa shape index (κ1) is 26.2. The fourth-order valence-electron chi connectivity index (χ4n) is 3.70. The van der Waals surface area contributed by atoms with Gasteiger partial charge in [0, 0.05) is 11.1 Å².